The molecule has 0 spiro atoms. The van der Waals surface area contributed by atoms with Crippen LogP contribution in [0.1, 0.15) is 47.7 Å². The maximum atomic E-state index is 12.8. The second kappa shape index (κ2) is 7.87. The number of ketones is 1. The van der Waals surface area contributed by atoms with Gasteiger partial charge >= 0.3 is 0 Å². The van der Waals surface area contributed by atoms with E-state index in [4.69, 9.17) is 4.74 Å². The SMILES string of the molecule is CC(=O)Nc1cc2c(cn1)OCc1cc(C(=O)C[C@H](C)c3ccccc3)ccc1-2. The van der Waals surface area contributed by atoms with Crippen LogP contribution < -0.4 is 10.1 Å². The molecule has 1 aromatic heterocycles. The van der Waals surface area contributed by atoms with Gasteiger partial charge in [-0.05, 0) is 34.7 Å². The molecule has 0 unspecified atom stereocenters. The zero-order chi connectivity index (χ0) is 20.4. The summed E-state index contributed by atoms with van der Waals surface area (Å²) in [5.41, 5.74) is 4.66. The summed E-state index contributed by atoms with van der Waals surface area (Å²) in [7, 11) is 0. The summed E-state index contributed by atoms with van der Waals surface area (Å²) in [5.74, 6) is 1.24. The van der Waals surface area contributed by atoms with E-state index >= 15 is 0 Å². The molecule has 2 heterocycles. The third-order valence-corrected chi connectivity index (χ3v) is 5.13. The Hall–Kier alpha value is -3.47. The zero-order valence-electron chi connectivity index (χ0n) is 16.4. The molecule has 146 valence electrons. The molecule has 1 N–H and O–H groups in total. The van der Waals surface area contributed by atoms with Gasteiger partial charge in [0.1, 0.15) is 18.2 Å². The molecule has 29 heavy (non-hydrogen) atoms. The Balaban J connectivity index is 1.58. The Bertz CT molecular complexity index is 1080. The summed E-state index contributed by atoms with van der Waals surface area (Å²) < 4.78 is 5.81. The van der Waals surface area contributed by atoms with E-state index in [-0.39, 0.29) is 17.6 Å². The summed E-state index contributed by atoms with van der Waals surface area (Å²) in [6, 6.07) is 17.6. The van der Waals surface area contributed by atoms with E-state index in [1.165, 1.54) is 6.92 Å². The molecule has 3 aromatic rings. The lowest BCUT2D eigenvalue weighted by molar-refractivity contribution is -0.114. The fraction of sp³-hybridized carbons (Fsp3) is 0.208. The number of hydrogen-bond donors (Lipinski definition) is 1. The average molecular weight is 386 g/mol. The predicted octanol–water partition coefficient (Wildman–Crippen LogP) is 4.98. The van der Waals surface area contributed by atoms with Gasteiger partial charge in [0.2, 0.25) is 5.91 Å². The summed E-state index contributed by atoms with van der Waals surface area (Å²) >= 11 is 0. The van der Waals surface area contributed by atoms with E-state index in [1.807, 2.05) is 36.4 Å². The number of benzene rings is 2. The van der Waals surface area contributed by atoms with Crippen LogP contribution in [0.2, 0.25) is 0 Å². The van der Waals surface area contributed by atoms with Gasteiger partial charge in [-0.15, -0.1) is 0 Å². The van der Waals surface area contributed by atoms with Crippen molar-refractivity contribution in [3.05, 3.63) is 77.5 Å². The molecular weight excluding hydrogens is 364 g/mol. The fourth-order valence-corrected chi connectivity index (χ4v) is 3.62. The van der Waals surface area contributed by atoms with Crippen molar-refractivity contribution >= 4 is 17.5 Å². The third-order valence-electron chi connectivity index (χ3n) is 5.13. The number of ether oxygens (including phenoxy) is 1. The minimum absolute atomic E-state index is 0.114. The Kier molecular flexibility index (Phi) is 5.12. The summed E-state index contributed by atoms with van der Waals surface area (Å²) in [6.45, 7) is 3.90. The fourth-order valence-electron chi connectivity index (χ4n) is 3.62. The Morgan fingerprint density at radius 3 is 2.66 bits per heavy atom. The van der Waals surface area contributed by atoms with Gasteiger partial charge in [-0.25, -0.2) is 4.98 Å². The zero-order valence-corrected chi connectivity index (χ0v) is 16.4. The number of nitrogens with one attached hydrogen (secondary N) is 1. The molecule has 5 nitrogen and oxygen atoms in total. The van der Waals surface area contributed by atoms with Gasteiger partial charge in [-0.3, -0.25) is 9.59 Å². The molecule has 0 saturated heterocycles. The van der Waals surface area contributed by atoms with E-state index < -0.39 is 0 Å². The first-order chi connectivity index (χ1) is 14.0. The lowest BCUT2D eigenvalue weighted by Crippen LogP contribution is -2.11. The number of amides is 1. The molecule has 1 aliphatic rings. The normalized spacial score (nSPS) is 12.9. The van der Waals surface area contributed by atoms with E-state index in [1.54, 1.807) is 12.3 Å². The Labute approximate surface area is 169 Å². The van der Waals surface area contributed by atoms with E-state index in [0.717, 1.165) is 22.3 Å². The van der Waals surface area contributed by atoms with Crippen molar-refractivity contribution in [2.45, 2.75) is 32.8 Å². The van der Waals surface area contributed by atoms with E-state index in [9.17, 15) is 9.59 Å². The van der Waals surface area contributed by atoms with Crippen LogP contribution in [0.3, 0.4) is 0 Å². The maximum Gasteiger partial charge on any atom is 0.222 e. The van der Waals surface area contributed by atoms with Gasteiger partial charge in [0.25, 0.3) is 0 Å². The standard InChI is InChI=1S/C24H22N2O3/c1-15(17-6-4-3-5-7-17)10-22(28)18-8-9-20-19(11-18)14-29-23-13-25-24(12-21(20)23)26-16(2)27/h3-9,11-13,15H,10,14H2,1-2H3,(H,25,26,27)/t15-/m0/s1. The highest BCUT2D eigenvalue weighted by molar-refractivity contribution is 5.97. The molecule has 1 atom stereocenters. The smallest absolute Gasteiger partial charge is 0.222 e. The molecule has 0 bridgehead atoms. The van der Waals surface area contributed by atoms with Crippen molar-refractivity contribution in [1.82, 2.24) is 4.98 Å². The highest BCUT2D eigenvalue weighted by Gasteiger charge is 2.21. The molecule has 5 heteroatoms. The highest BCUT2D eigenvalue weighted by atomic mass is 16.5. The van der Waals surface area contributed by atoms with Crippen LogP contribution in [-0.2, 0) is 11.4 Å². The summed E-state index contributed by atoms with van der Waals surface area (Å²) in [6.07, 6.45) is 2.07. The monoisotopic (exact) mass is 386 g/mol. The number of nitrogens with zero attached hydrogens (tertiary/aromatic N) is 1. The Morgan fingerprint density at radius 2 is 1.90 bits per heavy atom. The minimum Gasteiger partial charge on any atom is -0.487 e. The van der Waals surface area contributed by atoms with Crippen molar-refractivity contribution in [2.75, 3.05) is 5.32 Å². The molecule has 0 fully saturated rings. The molecule has 0 radical (unpaired) electrons. The first-order valence-electron chi connectivity index (χ1n) is 9.63. The van der Waals surface area contributed by atoms with Crippen molar-refractivity contribution < 1.29 is 14.3 Å². The van der Waals surface area contributed by atoms with E-state index in [2.05, 4.69) is 29.4 Å². The summed E-state index contributed by atoms with van der Waals surface area (Å²) in [4.78, 5) is 28.4. The molecule has 1 aliphatic heterocycles. The predicted molar refractivity (Wildman–Crippen MR) is 112 cm³/mol. The lowest BCUT2D eigenvalue weighted by atomic mass is 9.90. The van der Waals surface area contributed by atoms with Crippen LogP contribution in [0.15, 0.2) is 60.8 Å². The van der Waals surface area contributed by atoms with Crippen LogP contribution in [0.4, 0.5) is 5.82 Å². The van der Waals surface area contributed by atoms with Crippen LogP contribution in [-0.4, -0.2) is 16.7 Å². The molecular formula is C24H22N2O3. The van der Waals surface area contributed by atoms with Gasteiger partial charge in [0.05, 0.1) is 6.20 Å². The molecule has 1 amide bonds. The molecule has 0 saturated carbocycles. The topological polar surface area (TPSA) is 68.3 Å². The minimum atomic E-state index is -0.178. The first kappa shape index (κ1) is 18.9. The van der Waals surface area contributed by atoms with Gasteiger partial charge in [-0.2, -0.15) is 0 Å². The van der Waals surface area contributed by atoms with Crippen LogP contribution in [0.5, 0.6) is 5.75 Å². The van der Waals surface area contributed by atoms with Crippen molar-refractivity contribution in [3.63, 3.8) is 0 Å². The highest BCUT2D eigenvalue weighted by Crippen LogP contribution is 2.38. The second-order valence-corrected chi connectivity index (χ2v) is 7.35. The second-order valence-electron chi connectivity index (χ2n) is 7.35. The molecule has 0 aliphatic carbocycles. The average Bonchev–Trinajstić information content (AvgIpc) is 2.73. The number of anilines is 1. The Morgan fingerprint density at radius 1 is 1.10 bits per heavy atom. The number of pyridine rings is 1. The summed E-state index contributed by atoms with van der Waals surface area (Å²) in [5, 5.41) is 2.69. The molecule has 2 aromatic carbocycles. The number of carbonyl (C=O) groups excluding carboxylic acids is 2. The van der Waals surface area contributed by atoms with Gasteiger partial charge in [0, 0.05) is 24.5 Å². The number of fused-ring (bicyclic) bond motifs is 3. The van der Waals surface area contributed by atoms with Crippen molar-refractivity contribution in [3.8, 4) is 16.9 Å². The lowest BCUT2D eigenvalue weighted by Gasteiger charge is -2.22. The van der Waals surface area contributed by atoms with E-state index in [0.29, 0.717) is 30.2 Å². The maximum absolute atomic E-state index is 12.8. The van der Waals surface area contributed by atoms with Crippen LogP contribution >= 0.6 is 0 Å². The largest absolute Gasteiger partial charge is 0.487 e. The van der Waals surface area contributed by atoms with Crippen LogP contribution in [0, 0.1) is 0 Å². The number of Topliss-reactive ketones (excluding diaryl/α,β-unsaturated/α-hetero) is 1. The van der Waals surface area contributed by atoms with Gasteiger partial charge in [0.15, 0.2) is 5.78 Å². The van der Waals surface area contributed by atoms with Gasteiger partial charge in [-0.1, -0.05) is 49.4 Å². The number of rotatable bonds is 5. The van der Waals surface area contributed by atoms with Gasteiger partial charge < -0.3 is 10.1 Å². The third kappa shape index (κ3) is 4.04. The van der Waals surface area contributed by atoms with Crippen molar-refractivity contribution in [1.29, 1.82) is 0 Å². The van der Waals surface area contributed by atoms with Crippen molar-refractivity contribution in [2.24, 2.45) is 0 Å². The quantitative estimate of drug-likeness (QED) is 0.628. The number of carbonyl (C=O) groups is 2. The first-order valence-corrected chi connectivity index (χ1v) is 9.63. The number of aromatic nitrogens is 1. The number of hydrogen-bond acceptors (Lipinski definition) is 4. The van der Waals surface area contributed by atoms with Crippen LogP contribution in [0.25, 0.3) is 11.1 Å². The molecule has 4 rings (SSSR count).